The molecule has 1 aliphatic carbocycles. The van der Waals surface area contributed by atoms with Gasteiger partial charge in [-0.2, -0.15) is 0 Å². The number of ether oxygens (including phenoxy) is 2. The molecule has 0 unspecified atom stereocenters. The van der Waals surface area contributed by atoms with Crippen molar-refractivity contribution in [3.05, 3.63) is 52.2 Å². The summed E-state index contributed by atoms with van der Waals surface area (Å²) in [6.45, 7) is 4.98. The molecular formula is C31H43ClN4O5. The standard InChI is InChI=1S/C31H43ClN4O5/c1-21(40-2)20-36(18-5-4-9-23-13-12-22-8-7-17-33-28(22)34-23)19-14-25(29(37)38)35-30(39)31(15-16-31)27-24(32)10-6-11-26(27)41-3/h6,10-13,21,25H,4-5,7-9,14-20H2,1-3H3,(H,33,34)(H,35,39)(H,37,38)/t21-,25+/m1/s1. The van der Waals surface area contributed by atoms with Gasteiger partial charge in [-0.1, -0.05) is 23.7 Å². The summed E-state index contributed by atoms with van der Waals surface area (Å²) < 4.78 is 11.0. The highest BCUT2D eigenvalue weighted by Crippen LogP contribution is 2.54. The molecule has 1 saturated carbocycles. The molecule has 0 saturated heterocycles. The summed E-state index contributed by atoms with van der Waals surface area (Å²) in [6, 6.07) is 8.58. The number of nitrogens with zero attached hydrogens (tertiary/aromatic N) is 2. The number of fused-ring (bicyclic) bond motifs is 1. The Balaban J connectivity index is 1.33. The third kappa shape index (κ3) is 7.90. The second kappa shape index (κ2) is 14.3. The predicted molar refractivity (Wildman–Crippen MR) is 160 cm³/mol. The number of hydrogen-bond acceptors (Lipinski definition) is 7. The summed E-state index contributed by atoms with van der Waals surface area (Å²) in [6.07, 6.45) is 6.52. The van der Waals surface area contributed by atoms with Gasteiger partial charge in [-0.3, -0.25) is 4.79 Å². The Kier molecular flexibility index (Phi) is 10.9. The molecule has 4 rings (SSSR count). The number of aliphatic carboxylic acids is 1. The van der Waals surface area contributed by atoms with E-state index in [0.29, 0.717) is 42.3 Å². The molecular weight excluding hydrogens is 544 g/mol. The predicted octanol–water partition coefficient (Wildman–Crippen LogP) is 4.45. The first-order chi connectivity index (χ1) is 19.8. The number of carboxylic acids is 1. The van der Waals surface area contributed by atoms with Crippen LogP contribution in [0, 0.1) is 0 Å². The number of halogens is 1. The Morgan fingerprint density at radius 2 is 2.00 bits per heavy atom. The van der Waals surface area contributed by atoms with Crippen molar-refractivity contribution in [3.63, 3.8) is 0 Å². The summed E-state index contributed by atoms with van der Waals surface area (Å²) in [5.41, 5.74) is 2.15. The average molecular weight is 587 g/mol. The van der Waals surface area contributed by atoms with Crippen molar-refractivity contribution < 1.29 is 24.2 Å². The van der Waals surface area contributed by atoms with Crippen LogP contribution in [0.2, 0.25) is 5.02 Å². The topological polar surface area (TPSA) is 113 Å². The number of anilines is 1. The molecule has 2 heterocycles. The molecule has 1 fully saturated rings. The van der Waals surface area contributed by atoms with Crippen molar-refractivity contribution in [2.75, 3.05) is 45.7 Å². The summed E-state index contributed by atoms with van der Waals surface area (Å²) in [4.78, 5) is 32.7. The normalized spacial score (nSPS) is 16.8. The molecule has 2 atom stereocenters. The van der Waals surface area contributed by atoms with Crippen LogP contribution in [0.15, 0.2) is 30.3 Å². The number of methoxy groups -OCH3 is 2. The van der Waals surface area contributed by atoms with E-state index in [1.54, 1.807) is 32.4 Å². The molecule has 1 aliphatic heterocycles. The van der Waals surface area contributed by atoms with Crippen molar-refractivity contribution in [1.82, 2.24) is 15.2 Å². The maximum atomic E-state index is 13.4. The van der Waals surface area contributed by atoms with Crippen LogP contribution in [0.4, 0.5) is 5.82 Å². The summed E-state index contributed by atoms with van der Waals surface area (Å²) in [5.74, 6) is 0.192. The Labute approximate surface area is 248 Å². The van der Waals surface area contributed by atoms with Crippen molar-refractivity contribution >= 4 is 29.3 Å². The average Bonchev–Trinajstić information content (AvgIpc) is 3.78. The maximum Gasteiger partial charge on any atom is 0.326 e. The van der Waals surface area contributed by atoms with E-state index in [9.17, 15) is 14.7 Å². The molecule has 1 aromatic heterocycles. The second-order valence-corrected chi connectivity index (χ2v) is 11.6. The van der Waals surface area contributed by atoms with Crippen molar-refractivity contribution in [2.24, 2.45) is 0 Å². The number of unbranched alkanes of at least 4 members (excludes halogenated alkanes) is 1. The lowest BCUT2D eigenvalue weighted by molar-refractivity contribution is -0.142. The van der Waals surface area contributed by atoms with Crippen LogP contribution in [0.1, 0.15) is 62.3 Å². The van der Waals surface area contributed by atoms with E-state index in [-0.39, 0.29) is 18.4 Å². The number of pyridine rings is 1. The Bertz CT molecular complexity index is 1210. The lowest BCUT2D eigenvalue weighted by Crippen LogP contribution is -2.47. The largest absolute Gasteiger partial charge is 0.496 e. The maximum absolute atomic E-state index is 13.4. The monoisotopic (exact) mass is 586 g/mol. The van der Waals surface area contributed by atoms with E-state index < -0.39 is 17.4 Å². The first-order valence-corrected chi connectivity index (χ1v) is 15.0. The molecule has 0 bridgehead atoms. The smallest absolute Gasteiger partial charge is 0.326 e. The van der Waals surface area contributed by atoms with Crippen LogP contribution in [0.5, 0.6) is 5.75 Å². The molecule has 3 N–H and O–H groups in total. The van der Waals surface area contributed by atoms with Crippen molar-refractivity contribution in [2.45, 2.75) is 75.9 Å². The highest BCUT2D eigenvalue weighted by Gasteiger charge is 2.54. The van der Waals surface area contributed by atoms with Gasteiger partial charge in [0, 0.05) is 43.0 Å². The number of amides is 1. The fourth-order valence-corrected chi connectivity index (χ4v) is 5.95. The molecule has 1 amide bonds. The van der Waals surface area contributed by atoms with E-state index in [4.69, 9.17) is 26.1 Å². The van der Waals surface area contributed by atoms with Crippen LogP contribution in [0.25, 0.3) is 0 Å². The minimum atomic E-state index is -1.05. The van der Waals surface area contributed by atoms with Gasteiger partial charge in [0.1, 0.15) is 17.6 Å². The zero-order chi connectivity index (χ0) is 29.4. The van der Waals surface area contributed by atoms with Crippen LogP contribution in [0.3, 0.4) is 0 Å². The molecule has 10 heteroatoms. The number of carbonyl (C=O) groups excluding carboxylic acids is 1. The number of nitrogens with one attached hydrogen (secondary N) is 2. The van der Waals surface area contributed by atoms with E-state index in [1.807, 2.05) is 6.92 Å². The molecule has 0 spiro atoms. The molecule has 0 radical (unpaired) electrons. The SMILES string of the molecule is COc1cccc(Cl)c1C1(C(=O)N[C@@H](CCN(CCCCc2ccc3c(n2)NCCC3)C[C@@H](C)OC)C(=O)O)CC1. The number of rotatable bonds is 16. The fraction of sp³-hybridized carbons (Fsp3) is 0.581. The van der Waals surface area contributed by atoms with Gasteiger partial charge in [0.15, 0.2) is 0 Å². The van der Waals surface area contributed by atoms with Crippen LogP contribution < -0.4 is 15.4 Å². The first-order valence-electron chi connectivity index (χ1n) is 14.6. The summed E-state index contributed by atoms with van der Waals surface area (Å²) in [7, 11) is 3.22. The number of carboxylic acid groups (broad SMARTS) is 1. The Hall–Kier alpha value is -2.88. The number of carbonyl (C=O) groups is 2. The van der Waals surface area contributed by atoms with Crippen molar-refractivity contribution in [3.8, 4) is 5.75 Å². The molecule has 2 aromatic rings. The minimum Gasteiger partial charge on any atom is -0.496 e. The number of hydrogen-bond donors (Lipinski definition) is 3. The van der Waals surface area contributed by atoms with E-state index in [2.05, 4.69) is 27.7 Å². The van der Waals surface area contributed by atoms with Gasteiger partial charge in [-0.05, 0) is 88.6 Å². The van der Waals surface area contributed by atoms with Gasteiger partial charge in [0.05, 0.1) is 18.6 Å². The third-order valence-electron chi connectivity index (χ3n) is 8.22. The number of aryl methyl sites for hydroxylation is 2. The highest BCUT2D eigenvalue weighted by atomic mass is 35.5. The van der Waals surface area contributed by atoms with Gasteiger partial charge < -0.3 is 30.1 Å². The zero-order valence-electron chi connectivity index (χ0n) is 24.4. The Morgan fingerprint density at radius 1 is 1.20 bits per heavy atom. The molecule has 1 aromatic carbocycles. The van der Waals surface area contributed by atoms with Gasteiger partial charge >= 0.3 is 5.97 Å². The van der Waals surface area contributed by atoms with E-state index in [0.717, 1.165) is 56.7 Å². The van der Waals surface area contributed by atoms with Crippen molar-refractivity contribution in [1.29, 1.82) is 0 Å². The Morgan fingerprint density at radius 3 is 2.71 bits per heavy atom. The van der Waals surface area contributed by atoms with Crippen LogP contribution in [-0.2, 0) is 32.6 Å². The zero-order valence-corrected chi connectivity index (χ0v) is 25.1. The quantitative estimate of drug-likeness (QED) is 0.247. The minimum absolute atomic E-state index is 0.00340. The van der Waals surface area contributed by atoms with Gasteiger partial charge in [-0.15, -0.1) is 0 Å². The fourth-order valence-electron chi connectivity index (χ4n) is 5.60. The highest BCUT2D eigenvalue weighted by molar-refractivity contribution is 6.32. The van der Waals surface area contributed by atoms with E-state index in [1.165, 1.54) is 5.56 Å². The lowest BCUT2D eigenvalue weighted by Gasteiger charge is -2.27. The third-order valence-corrected chi connectivity index (χ3v) is 8.54. The molecule has 2 aliphatic rings. The molecule has 224 valence electrons. The lowest BCUT2D eigenvalue weighted by atomic mass is 9.93. The van der Waals surface area contributed by atoms with E-state index >= 15 is 0 Å². The molecule has 41 heavy (non-hydrogen) atoms. The summed E-state index contributed by atoms with van der Waals surface area (Å²) in [5, 5.41) is 16.6. The first kappa shape index (κ1) is 31.1. The van der Waals surface area contributed by atoms with Gasteiger partial charge in [0.25, 0.3) is 0 Å². The van der Waals surface area contributed by atoms with Crippen LogP contribution >= 0.6 is 11.6 Å². The summed E-state index contributed by atoms with van der Waals surface area (Å²) >= 11 is 6.47. The number of benzene rings is 1. The van der Waals surface area contributed by atoms with Gasteiger partial charge in [-0.25, -0.2) is 9.78 Å². The second-order valence-electron chi connectivity index (χ2n) is 11.2. The number of aromatic nitrogens is 1. The van der Waals surface area contributed by atoms with Gasteiger partial charge in [0.2, 0.25) is 5.91 Å². The van der Waals surface area contributed by atoms with Crippen LogP contribution in [-0.4, -0.2) is 79.4 Å². The molecule has 9 nitrogen and oxygen atoms in total.